The van der Waals surface area contributed by atoms with E-state index in [2.05, 4.69) is 9.17 Å². The topological polar surface area (TPSA) is 56.3 Å². The summed E-state index contributed by atoms with van der Waals surface area (Å²) in [6.07, 6.45) is 2.10. The Morgan fingerprint density at radius 2 is 2.23 bits per heavy atom. The lowest BCUT2D eigenvalue weighted by molar-refractivity contribution is 0.483. The van der Waals surface area contributed by atoms with E-state index in [1.807, 2.05) is 0 Å². The average Bonchev–Trinajstić information content (AvgIpc) is 2.03. The van der Waals surface area contributed by atoms with Gasteiger partial charge in [0.15, 0.2) is 5.75 Å². The summed E-state index contributed by atoms with van der Waals surface area (Å²) < 4.78 is 38.8. The molecule has 0 amide bonds. The van der Waals surface area contributed by atoms with Crippen molar-refractivity contribution in [1.82, 2.24) is 4.98 Å². The van der Waals surface area contributed by atoms with E-state index in [0.717, 1.165) is 18.5 Å². The predicted octanol–water partition coefficient (Wildman–Crippen LogP) is 0.949. The third-order valence-corrected chi connectivity index (χ3v) is 2.41. The number of rotatable bonds is 3. The van der Waals surface area contributed by atoms with Crippen LogP contribution < -0.4 is 4.18 Å². The zero-order valence-corrected chi connectivity index (χ0v) is 7.71. The van der Waals surface area contributed by atoms with Crippen LogP contribution >= 0.6 is 0 Å². The Labute approximate surface area is 75.5 Å². The zero-order valence-electron chi connectivity index (χ0n) is 6.90. The van der Waals surface area contributed by atoms with Gasteiger partial charge < -0.3 is 4.18 Å². The van der Waals surface area contributed by atoms with Crippen LogP contribution in [0.4, 0.5) is 4.39 Å². The van der Waals surface area contributed by atoms with Crippen LogP contribution in [0.5, 0.6) is 5.75 Å². The molecule has 0 aromatic carbocycles. The van der Waals surface area contributed by atoms with Gasteiger partial charge >= 0.3 is 10.1 Å². The van der Waals surface area contributed by atoms with Crippen molar-refractivity contribution < 1.29 is 17.0 Å². The van der Waals surface area contributed by atoms with Crippen molar-refractivity contribution in [2.75, 3.05) is 5.75 Å². The lowest BCUT2D eigenvalue weighted by atomic mass is 10.4. The van der Waals surface area contributed by atoms with E-state index in [1.165, 1.54) is 6.92 Å². The van der Waals surface area contributed by atoms with Crippen molar-refractivity contribution in [3.63, 3.8) is 0 Å². The maximum absolute atomic E-state index is 12.5. The van der Waals surface area contributed by atoms with E-state index in [9.17, 15) is 12.8 Å². The number of hydrogen-bond acceptors (Lipinski definition) is 4. The van der Waals surface area contributed by atoms with Crippen molar-refractivity contribution in [3.8, 4) is 5.75 Å². The van der Waals surface area contributed by atoms with Gasteiger partial charge in [-0.3, -0.25) is 4.98 Å². The molecule has 1 aromatic heterocycles. The Hall–Kier alpha value is -1.17. The number of hydrogen-bond donors (Lipinski definition) is 0. The molecule has 0 bridgehead atoms. The van der Waals surface area contributed by atoms with E-state index < -0.39 is 15.9 Å². The van der Waals surface area contributed by atoms with Crippen molar-refractivity contribution in [1.29, 1.82) is 0 Å². The van der Waals surface area contributed by atoms with Crippen LogP contribution in [-0.2, 0) is 10.1 Å². The van der Waals surface area contributed by atoms with Gasteiger partial charge in [0.2, 0.25) is 0 Å². The minimum absolute atomic E-state index is 0.109. The average molecular weight is 205 g/mol. The Balaban J connectivity index is 2.87. The normalized spacial score (nSPS) is 11.2. The number of pyridine rings is 1. The summed E-state index contributed by atoms with van der Waals surface area (Å²) >= 11 is 0. The molecule has 0 spiro atoms. The van der Waals surface area contributed by atoms with Crippen molar-refractivity contribution in [2.45, 2.75) is 6.92 Å². The highest BCUT2D eigenvalue weighted by Crippen LogP contribution is 2.12. The lowest BCUT2D eigenvalue weighted by Crippen LogP contribution is -2.11. The maximum atomic E-state index is 12.5. The molecule has 1 heterocycles. The molecular weight excluding hydrogens is 197 g/mol. The van der Waals surface area contributed by atoms with Gasteiger partial charge in [-0.05, 0) is 6.92 Å². The highest BCUT2D eigenvalue weighted by molar-refractivity contribution is 7.87. The lowest BCUT2D eigenvalue weighted by Gasteiger charge is -2.03. The molecule has 0 unspecified atom stereocenters. The first-order valence-corrected chi connectivity index (χ1v) is 5.14. The zero-order chi connectivity index (χ0) is 9.90. The van der Waals surface area contributed by atoms with Crippen LogP contribution in [0.1, 0.15) is 6.92 Å². The Bertz CT molecular complexity index is 390. The second kappa shape index (κ2) is 3.69. The minimum Gasteiger partial charge on any atom is -0.381 e. The molecule has 0 aliphatic rings. The fraction of sp³-hybridized carbons (Fsp3) is 0.286. The van der Waals surface area contributed by atoms with E-state index in [1.54, 1.807) is 0 Å². The highest BCUT2D eigenvalue weighted by Gasteiger charge is 2.09. The molecule has 0 saturated heterocycles. The molecule has 0 aliphatic heterocycles. The van der Waals surface area contributed by atoms with Crippen LogP contribution in [0.25, 0.3) is 0 Å². The van der Waals surface area contributed by atoms with Crippen molar-refractivity contribution >= 4 is 10.1 Å². The highest BCUT2D eigenvalue weighted by atomic mass is 32.2. The third kappa shape index (κ3) is 2.98. The molecule has 0 aliphatic carbocycles. The van der Waals surface area contributed by atoms with Gasteiger partial charge in [0.25, 0.3) is 0 Å². The molecule has 1 aromatic rings. The number of nitrogens with zero attached hydrogens (tertiary/aromatic N) is 1. The summed E-state index contributed by atoms with van der Waals surface area (Å²) in [7, 11) is -3.60. The molecule has 6 heteroatoms. The molecule has 0 radical (unpaired) electrons. The Morgan fingerprint density at radius 1 is 1.54 bits per heavy atom. The monoisotopic (exact) mass is 205 g/mol. The van der Waals surface area contributed by atoms with Gasteiger partial charge in [0.05, 0.1) is 18.1 Å². The number of halogens is 1. The van der Waals surface area contributed by atoms with E-state index in [0.29, 0.717) is 0 Å². The van der Waals surface area contributed by atoms with Crippen LogP contribution in [0.3, 0.4) is 0 Å². The van der Waals surface area contributed by atoms with Crippen LogP contribution in [0, 0.1) is 5.82 Å². The Kier molecular flexibility index (Phi) is 2.82. The second-order valence-corrected chi connectivity index (χ2v) is 4.13. The summed E-state index contributed by atoms with van der Waals surface area (Å²) in [5.41, 5.74) is 0. The fourth-order valence-corrected chi connectivity index (χ4v) is 1.15. The summed E-state index contributed by atoms with van der Waals surface area (Å²) in [6.45, 7) is 1.43. The molecule has 13 heavy (non-hydrogen) atoms. The molecule has 0 atom stereocenters. The van der Waals surface area contributed by atoms with Crippen LogP contribution in [-0.4, -0.2) is 19.2 Å². The van der Waals surface area contributed by atoms with Crippen LogP contribution in [0.15, 0.2) is 18.5 Å². The molecule has 0 N–H and O–H groups in total. The van der Waals surface area contributed by atoms with E-state index >= 15 is 0 Å². The van der Waals surface area contributed by atoms with Gasteiger partial charge in [-0.1, -0.05) is 0 Å². The van der Waals surface area contributed by atoms with Gasteiger partial charge in [-0.25, -0.2) is 4.39 Å². The SMILES string of the molecule is CCS(=O)(=O)Oc1cncc(F)c1. The minimum atomic E-state index is -3.60. The largest absolute Gasteiger partial charge is 0.381 e. The first kappa shape index (κ1) is 9.91. The van der Waals surface area contributed by atoms with Crippen LogP contribution in [0.2, 0.25) is 0 Å². The van der Waals surface area contributed by atoms with Crippen molar-refractivity contribution in [2.24, 2.45) is 0 Å². The smallest absolute Gasteiger partial charge is 0.308 e. The number of aromatic nitrogens is 1. The summed E-state index contributed by atoms with van der Waals surface area (Å²) in [4.78, 5) is 3.44. The molecule has 0 fully saturated rings. The Morgan fingerprint density at radius 3 is 2.77 bits per heavy atom. The molecule has 0 saturated carbocycles. The molecule has 72 valence electrons. The quantitative estimate of drug-likeness (QED) is 0.689. The maximum Gasteiger partial charge on any atom is 0.308 e. The van der Waals surface area contributed by atoms with Gasteiger partial charge in [0.1, 0.15) is 5.82 Å². The van der Waals surface area contributed by atoms with E-state index in [4.69, 9.17) is 0 Å². The fourth-order valence-electron chi connectivity index (χ4n) is 0.643. The molecular formula is C7H8FNO3S. The summed E-state index contributed by atoms with van der Waals surface area (Å²) in [5.74, 6) is -0.908. The van der Waals surface area contributed by atoms with Gasteiger partial charge in [-0.15, -0.1) is 0 Å². The van der Waals surface area contributed by atoms with Gasteiger partial charge in [-0.2, -0.15) is 8.42 Å². The molecule has 1 rings (SSSR count). The standard InChI is InChI=1S/C7H8FNO3S/c1-2-13(10,11)12-7-3-6(8)4-9-5-7/h3-5H,2H2,1H3. The summed E-state index contributed by atoms with van der Waals surface area (Å²) in [6, 6.07) is 0.959. The third-order valence-electron chi connectivity index (χ3n) is 1.26. The second-order valence-electron chi connectivity index (χ2n) is 2.27. The first-order chi connectivity index (χ1) is 6.03. The van der Waals surface area contributed by atoms with Crippen molar-refractivity contribution in [3.05, 3.63) is 24.3 Å². The molecule has 4 nitrogen and oxygen atoms in total. The summed E-state index contributed by atoms with van der Waals surface area (Å²) in [5, 5.41) is 0. The first-order valence-electron chi connectivity index (χ1n) is 3.56. The van der Waals surface area contributed by atoms with E-state index in [-0.39, 0.29) is 11.5 Å². The predicted molar refractivity (Wildman–Crippen MR) is 44.3 cm³/mol. The van der Waals surface area contributed by atoms with Gasteiger partial charge in [0, 0.05) is 6.07 Å².